The average Bonchev–Trinajstić information content (AvgIpc) is 2.28. The van der Waals surface area contributed by atoms with Crippen LogP contribution in [0.15, 0.2) is 4.79 Å². The fraction of sp³-hybridized carbons (Fsp3) is 0.375. The normalized spacial score (nSPS) is 9.62. The Morgan fingerprint density at radius 2 is 2.00 bits per heavy atom. The highest BCUT2D eigenvalue weighted by Gasteiger charge is 2.17. The minimum absolute atomic E-state index is 0.110. The number of aromatic amines is 1. The van der Waals surface area contributed by atoms with E-state index in [9.17, 15) is 14.4 Å². The number of methoxy groups -OCH3 is 1. The van der Waals surface area contributed by atoms with Gasteiger partial charge in [0, 0.05) is 0 Å². The van der Waals surface area contributed by atoms with Crippen molar-refractivity contribution < 1.29 is 19.1 Å². The van der Waals surface area contributed by atoms with Gasteiger partial charge in [-0.1, -0.05) is 0 Å². The summed E-state index contributed by atoms with van der Waals surface area (Å²) in [6.45, 7) is 1.70. The summed E-state index contributed by atoms with van der Waals surface area (Å²) < 4.78 is 8.87. The second-order valence-corrected chi connectivity index (χ2v) is 2.56. The fourth-order valence-corrected chi connectivity index (χ4v) is 0.859. The van der Waals surface area contributed by atoms with Gasteiger partial charge >= 0.3 is 11.9 Å². The van der Waals surface area contributed by atoms with Crippen LogP contribution in [0.1, 0.15) is 28.0 Å². The van der Waals surface area contributed by atoms with Crippen molar-refractivity contribution in [2.45, 2.75) is 6.92 Å². The highest BCUT2D eigenvalue weighted by Crippen LogP contribution is 1.91. The number of esters is 2. The third-order valence-corrected chi connectivity index (χ3v) is 1.54. The van der Waals surface area contributed by atoms with E-state index in [0.29, 0.717) is 0 Å². The number of H-pyrrole nitrogens is 1. The molecule has 0 aromatic carbocycles. The van der Waals surface area contributed by atoms with Gasteiger partial charge in [0.25, 0.3) is 5.56 Å². The highest BCUT2D eigenvalue weighted by atomic mass is 16.5. The SMILES string of the molecule is CCOC(=O)c1nnc(C(=O)OC)[nH]c1=O. The maximum Gasteiger partial charge on any atom is 0.376 e. The van der Waals surface area contributed by atoms with Crippen molar-refractivity contribution in [3.05, 3.63) is 21.9 Å². The van der Waals surface area contributed by atoms with E-state index < -0.39 is 23.2 Å². The molecule has 86 valence electrons. The first-order chi connectivity index (χ1) is 7.60. The Kier molecular flexibility index (Phi) is 3.70. The Morgan fingerprint density at radius 3 is 2.50 bits per heavy atom. The molecule has 0 saturated carbocycles. The van der Waals surface area contributed by atoms with Crippen LogP contribution in [0, 0.1) is 0 Å². The molecule has 1 heterocycles. The molecule has 1 aromatic heterocycles. The van der Waals surface area contributed by atoms with Crippen molar-refractivity contribution in [1.29, 1.82) is 0 Å². The van der Waals surface area contributed by atoms with Gasteiger partial charge in [-0.05, 0) is 6.92 Å². The Balaban J connectivity index is 3.05. The summed E-state index contributed by atoms with van der Waals surface area (Å²) in [4.78, 5) is 35.5. The molecule has 0 atom stereocenters. The Hall–Kier alpha value is -2.25. The predicted molar refractivity (Wildman–Crippen MR) is 49.9 cm³/mol. The standard InChI is InChI=1S/C8H9N3O5/c1-3-16-7(13)4-6(12)9-5(11-10-4)8(14)15-2/h3H2,1-2H3,(H,9,11,12). The maximum atomic E-state index is 11.3. The summed E-state index contributed by atoms with van der Waals surface area (Å²) in [5, 5.41) is 6.63. The lowest BCUT2D eigenvalue weighted by Crippen LogP contribution is -2.26. The van der Waals surface area contributed by atoms with E-state index in [-0.39, 0.29) is 12.4 Å². The number of carbonyl (C=O) groups excluding carboxylic acids is 2. The van der Waals surface area contributed by atoms with Crippen LogP contribution in [0.3, 0.4) is 0 Å². The third-order valence-electron chi connectivity index (χ3n) is 1.54. The molecule has 1 aromatic rings. The first kappa shape index (κ1) is 11.8. The van der Waals surface area contributed by atoms with Gasteiger partial charge in [-0.25, -0.2) is 9.59 Å². The lowest BCUT2D eigenvalue weighted by molar-refractivity contribution is 0.0509. The summed E-state index contributed by atoms with van der Waals surface area (Å²) in [6, 6.07) is 0. The zero-order valence-electron chi connectivity index (χ0n) is 8.64. The van der Waals surface area contributed by atoms with Crippen molar-refractivity contribution in [2.75, 3.05) is 13.7 Å². The lowest BCUT2D eigenvalue weighted by atomic mass is 10.4. The van der Waals surface area contributed by atoms with Crippen LogP contribution in [-0.4, -0.2) is 40.8 Å². The predicted octanol–water partition coefficient (Wildman–Crippen LogP) is -0.872. The molecule has 0 spiro atoms. The molecule has 0 aliphatic carbocycles. The number of carbonyl (C=O) groups is 2. The maximum absolute atomic E-state index is 11.3. The van der Waals surface area contributed by atoms with Crippen LogP contribution in [0.4, 0.5) is 0 Å². The van der Waals surface area contributed by atoms with Crippen molar-refractivity contribution >= 4 is 11.9 Å². The quantitative estimate of drug-likeness (QED) is 0.668. The molecule has 1 N–H and O–H groups in total. The number of aromatic nitrogens is 3. The number of hydrogen-bond acceptors (Lipinski definition) is 7. The Morgan fingerprint density at radius 1 is 1.31 bits per heavy atom. The van der Waals surface area contributed by atoms with Gasteiger partial charge in [0.05, 0.1) is 13.7 Å². The Labute approximate surface area is 89.6 Å². The third kappa shape index (κ3) is 2.41. The van der Waals surface area contributed by atoms with Crippen molar-refractivity contribution in [1.82, 2.24) is 15.2 Å². The van der Waals surface area contributed by atoms with Gasteiger partial charge in [0.2, 0.25) is 11.5 Å². The molecule has 0 fully saturated rings. The molecule has 0 aliphatic heterocycles. The Bertz CT molecular complexity index is 467. The van der Waals surface area contributed by atoms with Gasteiger partial charge in [-0.15, -0.1) is 10.2 Å². The van der Waals surface area contributed by atoms with Gasteiger partial charge in [0.1, 0.15) is 0 Å². The van der Waals surface area contributed by atoms with E-state index in [2.05, 4.69) is 24.7 Å². The van der Waals surface area contributed by atoms with E-state index in [0.717, 1.165) is 7.11 Å². The lowest BCUT2D eigenvalue weighted by Gasteiger charge is -2.00. The van der Waals surface area contributed by atoms with Crippen LogP contribution in [0.5, 0.6) is 0 Å². The molecule has 16 heavy (non-hydrogen) atoms. The molecule has 8 heteroatoms. The van der Waals surface area contributed by atoms with Gasteiger partial charge in [0.15, 0.2) is 0 Å². The van der Waals surface area contributed by atoms with E-state index >= 15 is 0 Å². The summed E-state index contributed by atoms with van der Waals surface area (Å²) in [5.41, 5.74) is -1.36. The second-order valence-electron chi connectivity index (χ2n) is 2.56. The first-order valence-electron chi connectivity index (χ1n) is 4.32. The number of rotatable bonds is 3. The first-order valence-corrected chi connectivity index (χ1v) is 4.32. The number of hydrogen-bond donors (Lipinski definition) is 1. The van der Waals surface area contributed by atoms with Crippen LogP contribution < -0.4 is 5.56 Å². The molecule has 0 amide bonds. The molecule has 1 rings (SSSR count). The molecule has 0 aliphatic rings. The van der Waals surface area contributed by atoms with E-state index in [1.807, 2.05) is 0 Å². The summed E-state index contributed by atoms with van der Waals surface area (Å²) in [7, 11) is 1.13. The molecule has 0 radical (unpaired) electrons. The average molecular weight is 227 g/mol. The van der Waals surface area contributed by atoms with Gasteiger partial charge in [-0.3, -0.25) is 9.78 Å². The van der Waals surface area contributed by atoms with Crippen LogP contribution in [0.25, 0.3) is 0 Å². The molecule has 0 bridgehead atoms. The van der Waals surface area contributed by atoms with Crippen molar-refractivity contribution in [3.8, 4) is 0 Å². The monoisotopic (exact) mass is 227 g/mol. The second kappa shape index (κ2) is 5.01. The zero-order chi connectivity index (χ0) is 12.1. The van der Waals surface area contributed by atoms with E-state index in [1.165, 1.54) is 0 Å². The van der Waals surface area contributed by atoms with Crippen LogP contribution >= 0.6 is 0 Å². The molecule has 8 nitrogen and oxygen atoms in total. The summed E-state index contributed by atoms with van der Waals surface area (Å²) >= 11 is 0. The molecule has 0 saturated heterocycles. The smallest absolute Gasteiger partial charge is 0.376 e. The minimum Gasteiger partial charge on any atom is -0.463 e. The van der Waals surface area contributed by atoms with Crippen LogP contribution in [-0.2, 0) is 9.47 Å². The summed E-state index contributed by atoms with van der Waals surface area (Å²) in [6.07, 6.45) is 0. The van der Waals surface area contributed by atoms with Gasteiger partial charge < -0.3 is 9.47 Å². The zero-order valence-corrected chi connectivity index (χ0v) is 8.64. The molecular formula is C8H9N3O5. The van der Waals surface area contributed by atoms with E-state index in [4.69, 9.17) is 0 Å². The number of nitrogens with zero attached hydrogens (tertiary/aromatic N) is 2. The topological polar surface area (TPSA) is 111 Å². The van der Waals surface area contributed by atoms with Crippen LogP contribution in [0.2, 0.25) is 0 Å². The van der Waals surface area contributed by atoms with Crippen molar-refractivity contribution in [2.24, 2.45) is 0 Å². The number of ether oxygens (including phenoxy) is 2. The molecule has 0 unspecified atom stereocenters. The fourth-order valence-electron chi connectivity index (χ4n) is 0.859. The largest absolute Gasteiger partial charge is 0.463 e. The van der Waals surface area contributed by atoms with Gasteiger partial charge in [-0.2, -0.15) is 0 Å². The van der Waals surface area contributed by atoms with E-state index in [1.54, 1.807) is 6.92 Å². The summed E-state index contributed by atoms with van der Waals surface area (Å²) in [5.74, 6) is -2.12. The molecular weight excluding hydrogens is 218 g/mol. The number of nitrogens with one attached hydrogen (secondary N) is 1. The highest BCUT2D eigenvalue weighted by molar-refractivity contribution is 5.88. The minimum atomic E-state index is -0.896. The van der Waals surface area contributed by atoms with Crippen molar-refractivity contribution in [3.63, 3.8) is 0 Å².